The van der Waals surface area contributed by atoms with Gasteiger partial charge in [0.25, 0.3) is 5.56 Å². The highest BCUT2D eigenvalue weighted by Crippen LogP contribution is 2.36. The number of fused-ring (bicyclic) bond motifs is 2. The van der Waals surface area contributed by atoms with Gasteiger partial charge in [0.15, 0.2) is 5.82 Å². The Bertz CT molecular complexity index is 1180. The van der Waals surface area contributed by atoms with Crippen LogP contribution in [0.15, 0.2) is 41.5 Å². The van der Waals surface area contributed by atoms with Gasteiger partial charge < -0.3 is 14.9 Å². The van der Waals surface area contributed by atoms with Crippen LogP contribution in [-0.2, 0) is 0 Å². The lowest BCUT2D eigenvalue weighted by Gasteiger charge is -2.25. The molecule has 0 amide bonds. The van der Waals surface area contributed by atoms with E-state index in [0.29, 0.717) is 11.2 Å². The van der Waals surface area contributed by atoms with Crippen molar-refractivity contribution >= 4 is 27.8 Å². The Kier molecular flexibility index (Phi) is 3.28. The van der Waals surface area contributed by atoms with Crippen molar-refractivity contribution in [3.63, 3.8) is 0 Å². The van der Waals surface area contributed by atoms with Gasteiger partial charge in [-0.05, 0) is 38.0 Å². The smallest absolute Gasteiger partial charge is 0.258 e. The summed E-state index contributed by atoms with van der Waals surface area (Å²) in [5.41, 5.74) is 3.51. The molecule has 26 heavy (non-hydrogen) atoms. The first kappa shape index (κ1) is 15.1. The summed E-state index contributed by atoms with van der Waals surface area (Å²) in [5.74, 6) is 1.56. The normalized spacial score (nSPS) is 17.4. The van der Waals surface area contributed by atoms with Crippen LogP contribution in [0.5, 0.6) is 0 Å². The summed E-state index contributed by atoms with van der Waals surface area (Å²) in [6.07, 6.45) is 3.54. The molecule has 0 saturated carbocycles. The van der Waals surface area contributed by atoms with Gasteiger partial charge in [0.2, 0.25) is 0 Å². The summed E-state index contributed by atoms with van der Waals surface area (Å²) in [6.45, 7) is 2.88. The minimum absolute atomic E-state index is 0.00554. The van der Waals surface area contributed by atoms with Crippen LogP contribution in [0.2, 0.25) is 0 Å². The molecule has 1 fully saturated rings. The molecule has 7 heteroatoms. The molecular formula is C19H18N6O. The van der Waals surface area contributed by atoms with Crippen molar-refractivity contribution in [1.82, 2.24) is 24.9 Å². The molecule has 0 aliphatic carbocycles. The molecule has 1 aliphatic rings. The summed E-state index contributed by atoms with van der Waals surface area (Å²) in [6, 6.07) is 9.44. The lowest BCUT2D eigenvalue weighted by Crippen LogP contribution is -2.27. The van der Waals surface area contributed by atoms with Crippen LogP contribution in [0.3, 0.4) is 0 Å². The number of aromatic nitrogens is 5. The largest absolute Gasteiger partial charge is 0.354 e. The van der Waals surface area contributed by atoms with Gasteiger partial charge in [0.05, 0.1) is 22.5 Å². The number of hydrogen-bond acceptors (Lipinski definition) is 5. The maximum atomic E-state index is 12.5. The lowest BCUT2D eigenvalue weighted by atomic mass is 10.2. The van der Waals surface area contributed by atoms with Crippen molar-refractivity contribution in [2.45, 2.75) is 25.8 Å². The third kappa shape index (κ3) is 2.28. The second kappa shape index (κ2) is 5.66. The van der Waals surface area contributed by atoms with Crippen molar-refractivity contribution in [3.05, 3.63) is 58.5 Å². The van der Waals surface area contributed by atoms with Crippen molar-refractivity contribution in [2.75, 3.05) is 11.4 Å². The number of nitrogens with zero attached hydrogens (tertiary/aromatic N) is 4. The lowest BCUT2D eigenvalue weighted by molar-refractivity contribution is 0.662. The summed E-state index contributed by atoms with van der Waals surface area (Å²) >= 11 is 0. The maximum Gasteiger partial charge on any atom is 0.258 e. The molecule has 4 heterocycles. The van der Waals surface area contributed by atoms with Crippen molar-refractivity contribution in [2.24, 2.45) is 0 Å². The molecular weight excluding hydrogens is 328 g/mol. The van der Waals surface area contributed by atoms with Crippen LogP contribution in [0.1, 0.15) is 30.4 Å². The quantitative estimate of drug-likeness (QED) is 0.582. The Labute approximate surface area is 149 Å². The van der Waals surface area contributed by atoms with Crippen LogP contribution < -0.4 is 10.5 Å². The van der Waals surface area contributed by atoms with Gasteiger partial charge >= 0.3 is 0 Å². The predicted octanol–water partition coefficient (Wildman–Crippen LogP) is 2.84. The van der Waals surface area contributed by atoms with Gasteiger partial charge in [-0.3, -0.25) is 4.79 Å². The SMILES string of the molecule is Cc1cc2ncnc(N3CCCC3c3nc4ccccc4c(=O)[nH]3)c2[nH]1. The number of hydrogen-bond donors (Lipinski definition) is 2. The Morgan fingerprint density at radius 3 is 2.96 bits per heavy atom. The highest BCUT2D eigenvalue weighted by molar-refractivity contribution is 5.87. The standard InChI is InChI=1S/C19H18N6O/c1-11-9-14-16(22-11)18(21-10-20-14)25-8-4-7-15(25)17-23-13-6-3-2-5-12(13)19(26)24-17/h2-3,5-6,9-10,15,22H,4,7-8H2,1H3,(H,23,24,26). The number of aromatic amines is 2. The molecule has 1 saturated heterocycles. The molecule has 5 rings (SSSR count). The van der Waals surface area contributed by atoms with E-state index in [2.05, 4.69) is 24.8 Å². The highest BCUT2D eigenvalue weighted by Gasteiger charge is 2.31. The van der Waals surface area contributed by atoms with E-state index in [-0.39, 0.29) is 11.6 Å². The maximum absolute atomic E-state index is 12.5. The fraction of sp³-hybridized carbons (Fsp3) is 0.263. The van der Waals surface area contributed by atoms with E-state index >= 15 is 0 Å². The Balaban J connectivity index is 1.64. The third-order valence-electron chi connectivity index (χ3n) is 5.00. The number of H-pyrrole nitrogens is 2. The first-order valence-corrected chi connectivity index (χ1v) is 8.76. The topological polar surface area (TPSA) is 90.6 Å². The molecule has 1 unspecified atom stereocenters. The van der Waals surface area contributed by atoms with Crippen LogP contribution in [0, 0.1) is 6.92 Å². The van der Waals surface area contributed by atoms with Gasteiger partial charge in [-0.15, -0.1) is 0 Å². The Morgan fingerprint density at radius 2 is 2.04 bits per heavy atom. The fourth-order valence-corrected chi connectivity index (χ4v) is 3.84. The molecule has 1 aromatic carbocycles. The molecule has 7 nitrogen and oxygen atoms in total. The van der Waals surface area contributed by atoms with Crippen LogP contribution in [0.4, 0.5) is 5.82 Å². The van der Waals surface area contributed by atoms with Crippen molar-refractivity contribution in [3.8, 4) is 0 Å². The van der Waals surface area contributed by atoms with Crippen LogP contribution >= 0.6 is 0 Å². The number of para-hydroxylation sites is 1. The van der Waals surface area contributed by atoms with Crippen molar-refractivity contribution < 1.29 is 0 Å². The molecule has 2 N–H and O–H groups in total. The molecule has 130 valence electrons. The Morgan fingerprint density at radius 1 is 1.15 bits per heavy atom. The van der Waals surface area contributed by atoms with E-state index in [9.17, 15) is 4.79 Å². The zero-order valence-corrected chi connectivity index (χ0v) is 14.4. The number of rotatable bonds is 2. The average molecular weight is 346 g/mol. The summed E-state index contributed by atoms with van der Waals surface area (Å²) in [7, 11) is 0. The van der Waals surface area contributed by atoms with Crippen molar-refractivity contribution in [1.29, 1.82) is 0 Å². The van der Waals surface area contributed by atoms with E-state index in [4.69, 9.17) is 4.98 Å². The highest BCUT2D eigenvalue weighted by atomic mass is 16.1. The van der Waals surface area contributed by atoms with E-state index in [1.54, 1.807) is 12.4 Å². The van der Waals surface area contributed by atoms with E-state index < -0.39 is 0 Å². The zero-order valence-electron chi connectivity index (χ0n) is 14.4. The minimum Gasteiger partial charge on any atom is -0.354 e. The predicted molar refractivity (Wildman–Crippen MR) is 100 cm³/mol. The monoisotopic (exact) mass is 346 g/mol. The first-order valence-electron chi connectivity index (χ1n) is 8.76. The molecule has 1 atom stereocenters. The molecule has 3 aromatic heterocycles. The first-order chi connectivity index (χ1) is 12.7. The Hall–Kier alpha value is -3.22. The second-order valence-corrected chi connectivity index (χ2v) is 6.73. The van der Waals surface area contributed by atoms with Gasteiger partial charge in [0, 0.05) is 12.2 Å². The molecule has 0 spiro atoms. The van der Waals surface area contributed by atoms with Gasteiger partial charge in [-0.2, -0.15) is 0 Å². The third-order valence-corrected chi connectivity index (χ3v) is 5.00. The number of nitrogens with one attached hydrogen (secondary N) is 2. The van der Waals surface area contributed by atoms with E-state index in [1.165, 1.54) is 0 Å². The van der Waals surface area contributed by atoms with E-state index in [1.807, 2.05) is 31.2 Å². The van der Waals surface area contributed by atoms with Gasteiger partial charge in [0.1, 0.15) is 17.7 Å². The molecule has 1 aliphatic heterocycles. The van der Waals surface area contributed by atoms with Gasteiger partial charge in [-0.1, -0.05) is 12.1 Å². The molecule has 0 bridgehead atoms. The summed E-state index contributed by atoms with van der Waals surface area (Å²) in [5, 5.41) is 0.616. The fourth-order valence-electron chi connectivity index (χ4n) is 3.84. The number of aryl methyl sites for hydroxylation is 1. The van der Waals surface area contributed by atoms with Crippen LogP contribution in [0.25, 0.3) is 21.9 Å². The summed E-state index contributed by atoms with van der Waals surface area (Å²) < 4.78 is 0. The second-order valence-electron chi connectivity index (χ2n) is 6.73. The number of anilines is 1. The minimum atomic E-state index is -0.0963. The molecule has 4 aromatic rings. The molecule has 0 radical (unpaired) electrons. The average Bonchev–Trinajstić information content (AvgIpc) is 3.27. The van der Waals surface area contributed by atoms with Gasteiger partial charge in [-0.25, -0.2) is 15.0 Å². The van der Waals surface area contributed by atoms with Crippen LogP contribution in [-0.4, -0.2) is 31.5 Å². The summed E-state index contributed by atoms with van der Waals surface area (Å²) in [4.78, 5) is 34.6. The number of benzene rings is 1. The zero-order chi connectivity index (χ0) is 17.7. The van der Waals surface area contributed by atoms with E-state index in [0.717, 1.165) is 47.4 Å².